The quantitative estimate of drug-likeness (QED) is 0.0979. The summed E-state index contributed by atoms with van der Waals surface area (Å²) in [4.78, 5) is 2.30. The lowest BCUT2D eigenvalue weighted by atomic mass is 10.1. The smallest absolute Gasteiger partial charge is 0.126 e. The molecule has 0 unspecified atom stereocenters. The van der Waals surface area contributed by atoms with E-state index in [4.69, 9.17) is 9.47 Å². The minimum absolute atomic E-state index is 0.755. The van der Waals surface area contributed by atoms with Crippen LogP contribution in [-0.2, 0) is 0 Å². The number of rotatable bonds is 16. The molecular formula is C40H49NO2. The van der Waals surface area contributed by atoms with Gasteiger partial charge in [0.25, 0.3) is 0 Å². The van der Waals surface area contributed by atoms with E-state index >= 15 is 0 Å². The molecule has 0 saturated carbocycles. The summed E-state index contributed by atoms with van der Waals surface area (Å²) in [5, 5.41) is 0. The van der Waals surface area contributed by atoms with Crippen molar-refractivity contribution in [2.75, 3.05) is 18.6 Å². The molecule has 0 N–H and O–H groups in total. The summed E-state index contributed by atoms with van der Waals surface area (Å²) in [5.74, 6) is 1.79. The third-order valence-electron chi connectivity index (χ3n) is 7.97. The average Bonchev–Trinajstić information content (AvgIpc) is 3.02. The van der Waals surface area contributed by atoms with Gasteiger partial charge in [0.2, 0.25) is 0 Å². The van der Waals surface area contributed by atoms with Crippen molar-refractivity contribution in [1.82, 2.24) is 0 Å². The number of anilines is 3. The summed E-state index contributed by atoms with van der Waals surface area (Å²) in [6.45, 7) is 9.36. The summed E-state index contributed by atoms with van der Waals surface area (Å²) in [6, 6.07) is 30.3. The summed E-state index contributed by atoms with van der Waals surface area (Å²) in [6.07, 6.45) is 14.6. The first kappa shape index (κ1) is 31.9. The van der Waals surface area contributed by atoms with Crippen molar-refractivity contribution in [2.24, 2.45) is 0 Å². The zero-order valence-electron chi connectivity index (χ0n) is 26.9. The Kier molecular flexibility index (Phi) is 12.3. The van der Waals surface area contributed by atoms with Gasteiger partial charge in [-0.05, 0) is 86.8 Å². The highest BCUT2D eigenvalue weighted by Crippen LogP contribution is 2.35. The molecule has 0 radical (unpaired) electrons. The lowest BCUT2D eigenvalue weighted by Crippen LogP contribution is -2.09. The molecule has 0 atom stereocenters. The SMILES string of the molecule is CCCCCCCCCCOc1cc(C=Cc2ccc(N(c3ccc(C)cc3)c3ccc(C)cc3)cc2)c(OC)cc1C. The van der Waals surface area contributed by atoms with E-state index in [0.29, 0.717) is 0 Å². The Morgan fingerprint density at radius 3 is 1.63 bits per heavy atom. The minimum atomic E-state index is 0.755. The van der Waals surface area contributed by atoms with Crippen LogP contribution in [-0.4, -0.2) is 13.7 Å². The Morgan fingerprint density at radius 2 is 1.09 bits per heavy atom. The highest BCUT2D eigenvalue weighted by molar-refractivity contribution is 5.79. The molecule has 0 amide bonds. The monoisotopic (exact) mass is 575 g/mol. The van der Waals surface area contributed by atoms with Crippen LogP contribution < -0.4 is 14.4 Å². The van der Waals surface area contributed by atoms with Gasteiger partial charge in [-0.25, -0.2) is 0 Å². The lowest BCUT2D eigenvalue weighted by Gasteiger charge is -2.25. The average molecular weight is 576 g/mol. The van der Waals surface area contributed by atoms with Crippen LogP contribution in [0.25, 0.3) is 12.2 Å². The molecule has 0 bridgehead atoms. The Morgan fingerprint density at radius 1 is 0.581 bits per heavy atom. The highest BCUT2D eigenvalue weighted by Gasteiger charge is 2.12. The number of methoxy groups -OCH3 is 1. The first-order valence-corrected chi connectivity index (χ1v) is 16.0. The molecule has 3 nitrogen and oxygen atoms in total. The maximum atomic E-state index is 6.22. The predicted molar refractivity (Wildman–Crippen MR) is 185 cm³/mol. The number of hydrogen-bond acceptors (Lipinski definition) is 3. The largest absolute Gasteiger partial charge is 0.496 e. The second kappa shape index (κ2) is 16.6. The summed E-state index contributed by atoms with van der Waals surface area (Å²) in [7, 11) is 1.73. The molecule has 4 aromatic rings. The molecule has 43 heavy (non-hydrogen) atoms. The van der Waals surface area contributed by atoms with E-state index in [9.17, 15) is 0 Å². The third-order valence-corrected chi connectivity index (χ3v) is 7.97. The van der Waals surface area contributed by atoms with Crippen LogP contribution in [0.5, 0.6) is 11.5 Å². The van der Waals surface area contributed by atoms with Gasteiger partial charge in [-0.1, -0.05) is 112 Å². The first-order valence-electron chi connectivity index (χ1n) is 16.0. The van der Waals surface area contributed by atoms with Gasteiger partial charge in [0.15, 0.2) is 0 Å². The van der Waals surface area contributed by atoms with Crippen molar-refractivity contribution in [2.45, 2.75) is 79.1 Å². The minimum Gasteiger partial charge on any atom is -0.496 e. The van der Waals surface area contributed by atoms with Gasteiger partial charge < -0.3 is 14.4 Å². The Bertz CT molecular complexity index is 1370. The van der Waals surface area contributed by atoms with E-state index in [2.05, 4.69) is 130 Å². The number of unbranched alkanes of at least 4 members (excludes halogenated alkanes) is 7. The van der Waals surface area contributed by atoms with Crippen molar-refractivity contribution in [1.29, 1.82) is 0 Å². The van der Waals surface area contributed by atoms with E-state index in [-0.39, 0.29) is 0 Å². The molecule has 0 fully saturated rings. The molecule has 0 heterocycles. The van der Waals surface area contributed by atoms with E-state index in [1.165, 1.54) is 56.1 Å². The van der Waals surface area contributed by atoms with Crippen molar-refractivity contribution in [3.8, 4) is 11.5 Å². The van der Waals surface area contributed by atoms with Crippen LogP contribution in [0, 0.1) is 20.8 Å². The van der Waals surface area contributed by atoms with Gasteiger partial charge >= 0.3 is 0 Å². The Hall–Kier alpha value is -3.98. The maximum absolute atomic E-state index is 6.22. The first-order chi connectivity index (χ1) is 21.0. The van der Waals surface area contributed by atoms with Gasteiger partial charge in [0, 0.05) is 22.6 Å². The van der Waals surface area contributed by atoms with E-state index in [1.54, 1.807) is 7.11 Å². The fraction of sp³-hybridized carbons (Fsp3) is 0.350. The number of nitrogens with zero attached hydrogens (tertiary/aromatic N) is 1. The molecule has 226 valence electrons. The lowest BCUT2D eigenvalue weighted by molar-refractivity contribution is 0.301. The maximum Gasteiger partial charge on any atom is 0.126 e. The summed E-state index contributed by atoms with van der Waals surface area (Å²) < 4.78 is 11.9. The zero-order valence-corrected chi connectivity index (χ0v) is 26.9. The molecule has 0 spiro atoms. The zero-order chi connectivity index (χ0) is 30.4. The second-order valence-electron chi connectivity index (χ2n) is 11.6. The topological polar surface area (TPSA) is 21.7 Å². The van der Waals surface area contributed by atoms with Crippen LogP contribution in [0.4, 0.5) is 17.1 Å². The number of hydrogen-bond donors (Lipinski definition) is 0. The van der Waals surface area contributed by atoms with Crippen LogP contribution in [0.15, 0.2) is 84.9 Å². The number of benzene rings is 4. The van der Waals surface area contributed by atoms with Gasteiger partial charge in [-0.2, -0.15) is 0 Å². The fourth-order valence-corrected chi connectivity index (χ4v) is 5.31. The molecule has 0 aliphatic carbocycles. The fourth-order valence-electron chi connectivity index (χ4n) is 5.31. The standard InChI is InChI=1S/C40H49NO2/c1-6-7-8-9-10-11-12-13-28-43-39-30-35(40(42-5)29-33(39)4)21-18-34-19-26-38(27-20-34)41(36-22-14-31(2)15-23-36)37-24-16-32(3)17-25-37/h14-27,29-30H,6-13,28H2,1-5H3. The molecule has 3 heteroatoms. The molecule has 0 saturated heterocycles. The van der Waals surface area contributed by atoms with Crippen molar-refractivity contribution < 1.29 is 9.47 Å². The van der Waals surface area contributed by atoms with Gasteiger partial charge in [0.1, 0.15) is 11.5 Å². The normalized spacial score (nSPS) is 11.2. The van der Waals surface area contributed by atoms with Crippen molar-refractivity contribution >= 4 is 29.2 Å². The molecule has 0 aromatic heterocycles. The second-order valence-corrected chi connectivity index (χ2v) is 11.6. The highest BCUT2D eigenvalue weighted by atomic mass is 16.5. The Labute approximate surface area is 260 Å². The van der Waals surface area contributed by atoms with Gasteiger partial charge in [0.05, 0.1) is 13.7 Å². The summed E-state index contributed by atoms with van der Waals surface area (Å²) in [5.41, 5.74) is 9.15. The number of aryl methyl sites for hydroxylation is 3. The summed E-state index contributed by atoms with van der Waals surface area (Å²) >= 11 is 0. The molecule has 4 rings (SSSR count). The predicted octanol–water partition coefficient (Wildman–Crippen LogP) is 11.8. The number of ether oxygens (including phenoxy) is 2. The van der Waals surface area contributed by atoms with Crippen LogP contribution in [0.3, 0.4) is 0 Å². The van der Waals surface area contributed by atoms with E-state index in [0.717, 1.165) is 58.3 Å². The van der Waals surface area contributed by atoms with Crippen LogP contribution in [0.2, 0.25) is 0 Å². The van der Waals surface area contributed by atoms with Gasteiger partial charge in [-0.3, -0.25) is 0 Å². The third kappa shape index (κ3) is 9.51. The van der Waals surface area contributed by atoms with Crippen LogP contribution >= 0.6 is 0 Å². The molecule has 0 aliphatic heterocycles. The molecule has 4 aromatic carbocycles. The Balaban J connectivity index is 1.44. The molecule has 0 aliphatic rings. The molecular weight excluding hydrogens is 526 g/mol. The van der Waals surface area contributed by atoms with Crippen LogP contribution in [0.1, 0.15) is 86.1 Å². The van der Waals surface area contributed by atoms with E-state index < -0.39 is 0 Å². The van der Waals surface area contributed by atoms with Crippen molar-refractivity contribution in [3.05, 3.63) is 113 Å². The van der Waals surface area contributed by atoms with E-state index in [1.807, 2.05) is 0 Å². The van der Waals surface area contributed by atoms with Gasteiger partial charge in [-0.15, -0.1) is 0 Å². The van der Waals surface area contributed by atoms with Crippen molar-refractivity contribution in [3.63, 3.8) is 0 Å².